The highest BCUT2D eigenvalue weighted by Crippen LogP contribution is 2.60. The van der Waals surface area contributed by atoms with Crippen molar-refractivity contribution in [3.63, 3.8) is 0 Å². The second-order valence-corrected chi connectivity index (χ2v) is 18.6. The fourth-order valence-corrected chi connectivity index (χ4v) is 11.2. The Morgan fingerprint density at radius 1 is 0.962 bits per heavy atom. The summed E-state index contributed by atoms with van der Waals surface area (Å²) >= 11 is 0. The topological polar surface area (TPSA) is 99.6 Å². The maximum absolute atomic E-state index is 16.5. The zero-order valence-corrected chi connectivity index (χ0v) is 31.6. The third-order valence-electron chi connectivity index (χ3n) is 11.1. The molecule has 9 nitrogen and oxygen atoms in total. The number of nitrogens with zero attached hydrogens (tertiary/aromatic N) is 3. The first-order valence-corrected chi connectivity index (χ1v) is 21.2. The number of amides is 3. The molecule has 0 aromatic heterocycles. The van der Waals surface area contributed by atoms with Crippen LogP contribution in [-0.2, 0) is 44.2 Å². The molecule has 4 aromatic rings. The summed E-state index contributed by atoms with van der Waals surface area (Å²) in [7, 11) is -1.99. The summed E-state index contributed by atoms with van der Waals surface area (Å²) in [5, 5.41) is 9.83. The van der Waals surface area contributed by atoms with E-state index in [4.69, 9.17) is 9.47 Å². The van der Waals surface area contributed by atoms with Crippen LogP contribution >= 0.6 is 0 Å². The Hall–Kier alpha value is -4.84. The van der Waals surface area contributed by atoms with Crippen molar-refractivity contribution in [2.24, 2.45) is 5.92 Å². The van der Waals surface area contributed by atoms with Gasteiger partial charge in [0.15, 0.2) is 5.60 Å². The van der Waals surface area contributed by atoms with E-state index >= 15 is 4.11 Å². The fourth-order valence-electron chi connectivity index (χ4n) is 8.67. The van der Waals surface area contributed by atoms with Gasteiger partial charge in [0.2, 0.25) is 20.2 Å². The molecule has 3 aliphatic heterocycles. The normalized spacial score (nSPS) is 22.3. The minimum Gasteiger partial charge on any atom is -0.497 e. The number of methoxy groups -OCH3 is 1. The molecule has 4 aromatic carbocycles. The summed E-state index contributed by atoms with van der Waals surface area (Å²) < 4.78 is 29.0. The number of hydrogen-bond donors (Lipinski definition) is 1. The van der Waals surface area contributed by atoms with Crippen molar-refractivity contribution in [3.05, 3.63) is 119 Å². The van der Waals surface area contributed by atoms with Gasteiger partial charge in [0.05, 0.1) is 44.2 Å². The zero-order chi connectivity index (χ0) is 37.5. The lowest BCUT2D eigenvalue weighted by Crippen LogP contribution is -2.45. The molecule has 53 heavy (non-hydrogen) atoms. The highest BCUT2D eigenvalue weighted by atomic mass is 28.4. The Morgan fingerprint density at radius 2 is 1.68 bits per heavy atom. The molecule has 3 aliphatic rings. The van der Waals surface area contributed by atoms with Gasteiger partial charge >= 0.3 is 0 Å². The zero-order valence-electron chi connectivity index (χ0n) is 30.6. The number of aliphatic hydroxyl groups is 1. The van der Waals surface area contributed by atoms with Gasteiger partial charge in [0.25, 0.3) is 5.91 Å². The average molecular weight is 736 g/mol. The van der Waals surface area contributed by atoms with Crippen molar-refractivity contribution in [1.82, 2.24) is 4.90 Å². The van der Waals surface area contributed by atoms with Crippen LogP contribution in [0, 0.1) is 5.92 Å². The second kappa shape index (κ2) is 14.5. The van der Waals surface area contributed by atoms with Crippen molar-refractivity contribution in [2.75, 3.05) is 30.1 Å². The number of carbonyl (C=O) groups is 3. The van der Waals surface area contributed by atoms with E-state index in [0.717, 1.165) is 28.1 Å². The molecule has 3 heterocycles. The number of fused-ring (bicyclic) bond motifs is 3. The third kappa shape index (κ3) is 6.66. The number of halogens is 1. The lowest BCUT2D eigenvalue weighted by Gasteiger charge is -2.31. The fraction of sp³-hybridized carbons (Fsp3) is 0.357. The molecule has 0 bridgehead atoms. The molecule has 276 valence electrons. The van der Waals surface area contributed by atoms with Crippen LogP contribution in [0.5, 0.6) is 5.75 Å². The predicted octanol–water partition coefficient (Wildman–Crippen LogP) is 7.04. The van der Waals surface area contributed by atoms with Gasteiger partial charge in [0.1, 0.15) is 5.75 Å². The van der Waals surface area contributed by atoms with E-state index in [1.54, 1.807) is 47.0 Å². The molecular weight excluding hydrogens is 690 g/mol. The predicted molar refractivity (Wildman–Crippen MR) is 204 cm³/mol. The number of para-hydroxylation sites is 1. The van der Waals surface area contributed by atoms with Gasteiger partial charge in [-0.05, 0) is 72.6 Å². The Kier molecular flexibility index (Phi) is 10.0. The van der Waals surface area contributed by atoms with Crippen LogP contribution in [0.2, 0.25) is 18.6 Å². The number of carbonyl (C=O) groups excluding carboxylic acids is 3. The van der Waals surface area contributed by atoms with Crippen LogP contribution in [0.3, 0.4) is 0 Å². The molecular formula is C42H46FN3O6Si. The quantitative estimate of drug-likeness (QED) is 0.131. The molecule has 0 aliphatic carbocycles. The SMILES string of the molecule is COc1ccc2c(c1)[C@]1(O[C@@H](CC(=O)N(CCO)Cc3ccccc3)[C@H]([Si](C)(C)F)[C@H]1C)C(=O)N2Cc1ccc(N2C(=O)CCc3ccccc32)cc1. The van der Waals surface area contributed by atoms with E-state index in [1.807, 2.05) is 91.9 Å². The Bertz CT molecular complexity index is 2000. The van der Waals surface area contributed by atoms with Crippen LogP contribution in [0.15, 0.2) is 97.1 Å². The van der Waals surface area contributed by atoms with Crippen LogP contribution < -0.4 is 14.5 Å². The number of anilines is 3. The summed E-state index contributed by atoms with van der Waals surface area (Å²) in [6.45, 7) is 5.49. The van der Waals surface area contributed by atoms with E-state index in [9.17, 15) is 19.5 Å². The van der Waals surface area contributed by atoms with Gasteiger partial charge < -0.3 is 28.5 Å². The van der Waals surface area contributed by atoms with E-state index in [2.05, 4.69) is 0 Å². The standard InChI is InChI=1S/C42H46FN3O6Si/c1-28-40(53(3,4)43)37(25-39(49)44(22-23-47)26-29-10-6-5-7-11-29)52-42(28)34-24-33(51-2)19-20-36(34)45(41(42)50)27-30-14-17-32(18-15-30)46-35-13-9-8-12-31(35)16-21-38(46)48/h5-15,17-20,24,28,37,40,47H,16,21-23,25-27H2,1-4H3/t28-,37+,40-,42+/m1/s1. The van der Waals surface area contributed by atoms with Crippen LogP contribution in [0.25, 0.3) is 0 Å². The van der Waals surface area contributed by atoms with Crippen molar-refractivity contribution >= 4 is 43.2 Å². The van der Waals surface area contributed by atoms with E-state index in [1.165, 1.54) is 0 Å². The minimum atomic E-state index is -3.54. The molecule has 0 unspecified atom stereocenters. The molecule has 3 amide bonds. The number of hydrogen-bond acceptors (Lipinski definition) is 6. The van der Waals surface area contributed by atoms with Crippen molar-refractivity contribution in [1.29, 1.82) is 0 Å². The first-order valence-electron chi connectivity index (χ1n) is 18.3. The van der Waals surface area contributed by atoms with Crippen molar-refractivity contribution in [3.8, 4) is 5.75 Å². The molecule has 1 fully saturated rings. The lowest BCUT2D eigenvalue weighted by molar-refractivity contribution is -0.150. The monoisotopic (exact) mass is 735 g/mol. The van der Waals surface area contributed by atoms with Crippen LogP contribution in [0.1, 0.15) is 42.0 Å². The largest absolute Gasteiger partial charge is 0.497 e. The number of benzene rings is 4. The van der Waals surface area contributed by atoms with Gasteiger partial charge in [-0.25, -0.2) is 0 Å². The van der Waals surface area contributed by atoms with Crippen molar-refractivity contribution in [2.45, 2.75) is 69.6 Å². The van der Waals surface area contributed by atoms with Crippen LogP contribution in [-0.4, -0.2) is 62.5 Å². The molecule has 7 rings (SSSR count). The minimum absolute atomic E-state index is 0.0323. The molecule has 0 saturated carbocycles. The van der Waals surface area contributed by atoms with Gasteiger partial charge in [-0.2, -0.15) is 0 Å². The number of aryl methyl sites for hydroxylation is 1. The highest BCUT2D eigenvalue weighted by molar-refractivity contribution is 6.72. The first kappa shape index (κ1) is 36.5. The number of rotatable bonds is 11. The Labute approximate surface area is 311 Å². The third-order valence-corrected chi connectivity index (χ3v) is 13.6. The molecule has 0 radical (unpaired) electrons. The summed E-state index contributed by atoms with van der Waals surface area (Å²) in [4.78, 5) is 46.9. The van der Waals surface area contributed by atoms with Gasteiger partial charge in [0, 0.05) is 42.2 Å². The summed E-state index contributed by atoms with van der Waals surface area (Å²) in [5.41, 5.74) is 3.52. The summed E-state index contributed by atoms with van der Waals surface area (Å²) in [6.07, 6.45) is 0.143. The second-order valence-electron chi connectivity index (χ2n) is 14.8. The van der Waals surface area contributed by atoms with Crippen molar-refractivity contribution < 1.29 is 33.1 Å². The van der Waals surface area contributed by atoms with Crippen LogP contribution in [0.4, 0.5) is 21.2 Å². The Balaban J connectivity index is 1.20. The maximum atomic E-state index is 16.5. The van der Waals surface area contributed by atoms with Gasteiger partial charge in [-0.3, -0.25) is 19.3 Å². The van der Waals surface area contributed by atoms with Gasteiger partial charge in [-0.15, -0.1) is 0 Å². The first-order chi connectivity index (χ1) is 25.5. The molecule has 1 spiro atoms. The lowest BCUT2D eigenvalue weighted by atomic mass is 9.82. The maximum Gasteiger partial charge on any atom is 0.264 e. The highest BCUT2D eigenvalue weighted by Gasteiger charge is 2.67. The van der Waals surface area contributed by atoms with E-state index < -0.39 is 31.6 Å². The average Bonchev–Trinajstić information content (AvgIpc) is 3.57. The van der Waals surface area contributed by atoms with E-state index in [0.29, 0.717) is 36.4 Å². The summed E-state index contributed by atoms with van der Waals surface area (Å²) in [6, 6.07) is 30.5. The van der Waals surface area contributed by atoms with E-state index in [-0.39, 0.29) is 43.8 Å². The van der Waals surface area contributed by atoms with Gasteiger partial charge in [-0.1, -0.05) is 67.6 Å². The smallest absolute Gasteiger partial charge is 0.264 e. The summed E-state index contributed by atoms with van der Waals surface area (Å²) in [5.74, 6) is -0.613. The molecule has 1 saturated heterocycles. The number of aliphatic hydroxyl groups excluding tert-OH is 1. The molecule has 4 atom stereocenters. The molecule has 11 heteroatoms. The molecule has 1 N–H and O–H groups in total. The number of ether oxygens (including phenoxy) is 2. The Morgan fingerprint density at radius 3 is 2.38 bits per heavy atom.